The van der Waals surface area contributed by atoms with Crippen molar-refractivity contribution >= 4 is 36.0 Å². The molecule has 0 aromatic carbocycles. The van der Waals surface area contributed by atoms with E-state index in [1.54, 1.807) is 16.6 Å². The Kier molecular flexibility index (Phi) is 7.30. The lowest BCUT2D eigenvalue weighted by Gasteiger charge is -2.40. The standard InChI is InChI=1S/C15H26N6O2.HI/c1-15(2,3)23-14(22)21-9-12(10-21)19-13(16-4)17-6-11-7-18-20(5)8-11;/h7-8,12H,6,9-10H2,1-5H3,(H2,16,17,19);1H. The number of nitrogens with one attached hydrogen (secondary N) is 2. The highest BCUT2D eigenvalue weighted by Gasteiger charge is 2.34. The number of hydrogen-bond donors (Lipinski definition) is 2. The number of halogens is 1. The minimum absolute atomic E-state index is 0. The number of carbonyl (C=O) groups is 1. The summed E-state index contributed by atoms with van der Waals surface area (Å²) in [5.74, 6) is 0.711. The Hall–Kier alpha value is -1.52. The van der Waals surface area contributed by atoms with E-state index in [4.69, 9.17) is 4.74 Å². The van der Waals surface area contributed by atoms with Crippen LogP contribution in [0.25, 0.3) is 0 Å². The first-order chi connectivity index (χ1) is 10.8. The minimum Gasteiger partial charge on any atom is -0.444 e. The molecule has 9 heteroatoms. The van der Waals surface area contributed by atoms with Crippen molar-refractivity contribution in [2.45, 2.75) is 39.0 Å². The minimum atomic E-state index is -0.461. The van der Waals surface area contributed by atoms with Crippen molar-refractivity contribution in [3.63, 3.8) is 0 Å². The largest absolute Gasteiger partial charge is 0.444 e. The first-order valence-electron chi connectivity index (χ1n) is 7.69. The molecular formula is C15H27IN6O2. The molecule has 1 aromatic heterocycles. The molecule has 1 fully saturated rings. The fraction of sp³-hybridized carbons (Fsp3) is 0.667. The predicted molar refractivity (Wildman–Crippen MR) is 104 cm³/mol. The van der Waals surface area contributed by atoms with Gasteiger partial charge in [-0.15, -0.1) is 24.0 Å². The highest BCUT2D eigenvalue weighted by atomic mass is 127. The highest BCUT2D eigenvalue weighted by molar-refractivity contribution is 14.0. The number of aryl methyl sites for hydroxylation is 1. The highest BCUT2D eigenvalue weighted by Crippen LogP contribution is 2.15. The molecular weight excluding hydrogens is 423 g/mol. The van der Waals surface area contributed by atoms with E-state index in [0.29, 0.717) is 25.6 Å². The normalized spacial score (nSPS) is 15.4. The Bertz CT molecular complexity index is 575. The molecule has 1 aromatic rings. The maximum atomic E-state index is 11.9. The summed E-state index contributed by atoms with van der Waals surface area (Å²) in [6.45, 7) is 7.47. The second kappa shape index (κ2) is 8.54. The topological polar surface area (TPSA) is 83.8 Å². The van der Waals surface area contributed by atoms with Crippen LogP contribution in [0.5, 0.6) is 0 Å². The lowest BCUT2D eigenvalue weighted by molar-refractivity contribution is 0.00701. The third kappa shape index (κ3) is 6.17. The van der Waals surface area contributed by atoms with Gasteiger partial charge in [-0.2, -0.15) is 5.10 Å². The Morgan fingerprint density at radius 2 is 2.12 bits per heavy atom. The molecule has 0 unspecified atom stereocenters. The molecule has 1 aliphatic rings. The number of carbonyl (C=O) groups excluding carboxylic acids is 1. The molecule has 2 heterocycles. The summed E-state index contributed by atoms with van der Waals surface area (Å²) < 4.78 is 7.09. The average Bonchev–Trinajstić information content (AvgIpc) is 2.80. The van der Waals surface area contributed by atoms with Gasteiger partial charge in [0, 0.05) is 45.5 Å². The fourth-order valence-electron chi connectivity index (χ4n) is 2.18. The number of rotatable bonds is 3. The second-order valence-corrected chi connectivity index (χ2v) is 6.67. The van der Waals surface area contributed by atoms with Gasteiger partial charge in [-0.1, -0.05) is 0 Å². The van der Waals surface area contributed by atoms with E-state index in [1.165, 1.54) is 0 Å². The van der Waals surface area contributed by atoms with E-state index in [0.717, 1.165) is 5.56 Å². The van der Waals surface area contributed by atoms with Crippen LogP contribution in [0, 0.1) is 0 Å². The molecule has 0 aliphatic carbocycles. The van der Waals surface area contributed by atoms with Crippen LogP contribution in [-0.4, -0.2) is 58.5 Å². The maximum Gasteiger partial charge on any atom is 0.410 e. The van der Waals surface area contributed by atoms with Gasteiger partial charge in [-0.05, 0) is 20.8 Å². The van der Waals surface area contributed by atoms with Crippen molar-refractivity contribution in [3.8, 4) is 0 Å². The van der Waals surface area contributed by atoms with E-state index in [9.17, 15) is 4.79 Å². The van der Waals surface area contributed by atoms with Crippen LogP contribution in [0.1, 0.15) is 26.3 Å². The summed E-state index contributed by atoms with van der Waals surface area (Å²) in [7, 11) is 3.61. The molecule has 24 heavy (non-hydrogen) atoms. The second-order valence-electron chi connectivity index (χ2n) is 6.67. The van der Waals surface area contributed by atoms with Gasteiger partial charge in [-0.25, -0.2) is 4.79 Å². The summed E-state index contributed by atoms with van der Waals surface area (Å²) in [6, 6.07) is 0.183. The van der Waals surface area contributed by atoms with E-state index in [2.05, 4.69) is 20.7 Å². The SMILES string of the molecule is CN=C(NCc1cnn(C)c1)NC1CN(C(=O)OC(C)(C)C)C1.I. The molecule has 8 nitrogen and oxygen atoms in total. The van der Waals surface area contributed by atoms with Crippen molar-refractivity contribution in [1.82, 2.24) is 25.3 Å². The van der Waals surface area contributed by atoms with E-state index >= 15 is 0 Å². The van der Waals surface area contributed by atoms with Crippen LogP contribution in [0.3, 0.4) is 0 Å². The fourth-order valence-corrected chi connectivity index (χ4v) is 2.18. The third-order valence-electron chi connectivity index (χ3n) is 3.32. The van der Waals surface area contributed by atoms with Gasteiger partial charge in [0.2, 0.25) is 0 Å². The van der Waals surface area contributed by atoms with Gasteiger partial charge < -0.3 is 20.3 Å². The van der Waals surface area contributed by atoms with E-state index in [-0.39, 0.29) is 36.1 Å². The first kappa shape index (κ1) is 20.5. The Balaban J connectivity index is 0.00000288. The maximum absolute atomic E-state index is 11.9. The molecule has 0 saturated carbocycles. The van der Waals surface area contributed by atoms with Crippen molar-refractivity contribution < 1.29 is 9.53 Å². The van der Waals surface area contributed by atoms with Crippen LogP contribution < -0.4 is 10.6 Å². The lowest BCUT2D eigenvalue weighted by atomic mass is 10.1. The smallest absolute Gasteiger partial charge is 0.410 e. The molecule has 1 saturated heterocycles. The van der Waals surface area contributed by atoms with Crippen molar-refractivity contribution in [3.05, 3.63) is 18.0 Å². The van der Waals surface area contributed by atoms with Crippen LogP contribution >= 0.6 is 24.0 Å². The summed E-state index contributed by atoms with van der Waals surface area (Å²) in [4.78, 5) is 17.7. The number of likely N-dealkylation sites (tertiary alicyclic amines) is 1. The van der Waals surface area contributed by atoms with Crippen molar-refractivity contribution in [2.75, 3.05) is 20.1 Å². The van der Waals surface area contributed by atoms with Gasteiger partial charge in [0.1, 0.15) is 5.60 Å². The van der Waals surface area contributed by atoms with Gasteiger partial charge in [0.25, 0.3) is 0 Å². The zero-order valence-corrected chi connectivity index (χ0v) is 17.2. The number of ether oxygens (including phenoxy) is 1. The monoisotopic (exact) mass is 450 g/mol. The number of amides is 1. The Morgan fingerprint density at radius 3 is 2.62 bits per heavy atom. The van der Waals surface area contributed by atoms with E-state index < -0.39 is 5.60 Å². The third-order valence-corrected chi connectivity index (χ3v) is 3.32. The van der Waals surface area contributed by atoms with Gasteiger partial charge >= 0.3 is 6.09 Å². The molecule has 0 spiro atoms. The van der Waals surface area contributed by atoms with Crippen LogP contribution in [0.2, 0.25) is 0 Å². The molecule has 0 bridgehead atoms. The summed E-state index contributed by atoms with van der Waals surface area (Å²) in [5.41, 5.74) is 0.621. The van der Waals surface area contributed by atoms with Gasteiger partial charge in [-0.3, -0.25) is 9.67 Å². The molecule has 1 amide bonds. The summed E-state index contributed by atoms with van der Waals surface area (Å²) >= 11 is 0. The van der Waals surface area contributed by atoms with E-state index in [1.807, 2.05) is 40.2 Å². The average molecular weight is 450 g/mol. The molecule has 136 valence electrons. The first-order valence-corrected chi connectivity index (χ1v) is 7.69. The van der Waals surface area contributed by atoms with Crippen LogP contribution in [0.15, 0.2) is 17.4 Å². The summed E-state index contributed by atoms with van der Waals surface area (Å²) in [5, 5.41) is 10.6. The zero-order valence-electron chi connectivity index (χ0n) is 14.9. The number of hydrogen-bond acceptors (Lipinski definition) is 4. The Morgan fingerprint density at radius 1 is 1.46 bits per heavy atom. The number of guanidine groups is 1. The van der Waals surface area contributed by atoms with Crippen LogP contribution in [-0.2, 0) is 18.3 Å². The molecule has 2 rings (SSSR count). The van der Waals surface area contributed by atoms with Crippen molar-refractivity contribution in [1.29, 1.82) is 0 Å². The predicted octanol–water partition coefficient (Wildman–Crippen LogP) is 1.32. The lowest BCUT2D eigenvalue weighted by Crippen LogP contribution is -2.63. The number of aromatic nitrogens is 2. The van der Waals surface area contributed by atoms with Gasteiger partial charge in [0.05, 0.1) is 12.2 Å². The molecule has 0 atom stereocenters. The number of nitrogens with zero attached hydrogens (tertiary/aromatic N) is 4. The van der Waals surface area contributed by atoms with Crippen LogP contribution in [0.4, 0.5) is 4.79 Å². The molecule has 0 radical (unpaired) electrons. The van der Waals surface area contributed by atoms with Crippen molar-refractivity contribution in [2.24, 2.45) is 12.0 Å². The van der Waals surface area contributed by atoms with Gasteiger partial charge in [0.15, 0.2) is 5.96 Å². The quantitative estimate of drug-likeness (QED) is 0.413. The number of aliphatic imine (C=N–C) groups is 1. The zero-order chi connectivity index (χ0) is 17.0. The molecule has 2 N–H and O–H groups in total. The Labute approximate surface area is 160 Å². The summed E-state index contributed by atoms with van der Waals surface area (Å²) in [6.07, 6.45) is 3.50. The molecule has 1 aliphatic heterocycles.